The number of esters is 1. The summed E-state index contributed by atoms with van der Waals surface area (Å²) < 4.78 is 33.2. The van der Waals surface area contributed by atoms with Crippen molar-refractivity contribution >= 4 is 59.7 Å². The molecule has 1 atom stereocenters. The molecule has 11 heteroatoms. The Morgan fingerprint density at radius 1 is 1.15 bits per heavy atom. The summed E-state index contributed by atoms with van der Waals surface area (Å²) in [7, 11) is -1.28. The highest BCUT2D eigenvalue weighted by Gasteiger charge is 2.39. The number of ether oxygens (including phenoxy) is 2. The second-order valence-electron chi connectivity index (χ2n) is 4.75. The highest BCUT2D eigenvalue weighted by Crippen LogP contribution is 2.61. The number of hydrogen-bond donors (Lipinski definition) is 0. The fraction of sp³-hybridized carbons (Fsp3) is 0.267. The molecular formula is C15H14Cl3O6PS. The van der Waals surface area contributed by atoms with Gasteiger partial charge in [-0.3, -0.25) is 4.57 Å². The van der Waals surface area contributed by atoms with Crippen LogP contribution in [-0.2, 0) is 23.1 Å². The second-order valence-corrected chi connectivity index (χ2v) is 9.23. The molecular weight excluding hydrogens is 446 g/mol. The number of hydrogen-bond acceptors (Lipinski definition) is 7. The molecule has 0 radical (unpaired) electrons. The van der Waals surface area contributed by atoms with E-state index in [0.717, 1.165) is 0 Å². The predicted octanol–water partition coefficient (Wildman–Crippen LogP) is 5.82. The van der Waals surface area contributed by atoms with Crippen LogP contribution in [0.5, 0.6) is 5.75 Å². The zero-order valence-corrected chi connectivity index (χ0v) is 17.6. The zero-order chi connectivity index (χ0) is 19.3. The van der Waals surface area contributed by atoms with Gasteiger partial charge >= 0.3 is 13.6 Å². The first-order valence-electron chi connectivity index (χ1n) is 7.02. The van der Waals surface area contributed by atoms with Crippen molar-refractivity contribution in [2.75, 3.05) is 20.8 Å². The second kappa shape index (κ2) is 9.42. The Hall–Kier alpha value is -0.790. The number of carbonyl (C=O) groups excluding carboxylic acids is 1. The third-order valence-corrected chi connectivity index (χ3v) is 7.23. The lowest BCUT2D eigenvalue weighted by Crippen LogP contribution is -2.19. The highest BCUT2D eigenvalue weighted by molar-refractivity contribution is 7.54. The van der Waals surface area contributed by atoms with E-state index in [1.165, 1.54) is 37.7 Å². The molecule has 0 fully saturated rings. The predicted molar refractivity (Wildman–Crippen MR) is 102 cm³/mol. The average Bonchev–Trinajstić information content (AvgIpc) is 3.15. The van der Waals surface area contributed by atoms with Crippen molar-refractivity contribution in [3.8, 4) is 5.75 Å². The molecule has 1 heterocycles. The van der Waals surface area contributed by atoms with E-state index in [2.05, 4.69) is 0 Å². The number of thiophene rings is 1. The molecule has 6 nitrogen and oxygen atoms in total. The molecule has 0 aliphatic rings. The molecule has 0 aliphatic carbocycles. The Kier molecular flexibility index (Phi) is 7.79. The largest absolute Gasteiger partial charge is 0.480 e. The van der Waals surface area contributed by atoms with Gasteiger partial charge in [0.15, 0.2) is 6.61 Å². The molecule has 0 saturated heterocycles. The molecule has 0 amide bonds. The van der Waals surface area contributed by atoms with Crippen molar-refractivity contribution in [2.24, 2.45) is 0 Å². The van der Waals surface area contributed by atoms with Gasteiger partial charge in [0.1, 0.15) is 5.75 Å². The summed E-state index contributed by atoms with van der Waals surface area (Å²) in [6.45, 7) is -0.493. The van der Waals surface area contributed by atoms with E-state index in [1.807, 2.05) is 0 Å². The van der Waals surface area contributed by atoms with Crippen molar-refractivity contribution in [3.05, 3.63) is 49.6 Å². The van der Waals surface area contributed by atoms with E-state index in [0.29, 0.717) is 4.88 Å². The smallest absolute Gasteiger partial charge is 0.375 e. The third kappa shape index (κ3) is 5.14. The maximum Gasteiger partial charge on any atom is 0.375 e. The van der Waals surface area contributed by atoms with E-state index >= 15 is 0 Å². The van der Waals surface area contributed by atoms with E-state index in [4.69, 9.17) is 53.3 Å². The van der Waals surface area contributed by atoms with E-state index in [9.17, 15) is 9.36 Å². The van der Waals surface area contributed by atoms with Crippen LogP contribution in [0.25, 0.3) is 0 Å². The van der Waals surface area contributed by atoms with Gasteiger partial charge in [-0.05, 0) is 17.5 Å². The normalized spacial score (nSPS) is 12.7. The molecule has 0 spiro atoms. The van der Waals surface area contributed by atoms with Crippen LogP contribution in [-0.4, -0.2) is 26.8 Å². The number of benzene rings is 1. The van der Waals surface area contributed by atoms with Gasteiger partial charge in [-0.25, -0.2) is 4.79 Å². The van der Waals surface area contributed by atoms with Gasteiger partial charge in [-0.15, -0.1) is 11.3 Å². The van der Waals surface area contributed by atoms with Crippen molar-refractivity contribution in [3.63, 3.8) is 0 Å². The minimum atomic E-state index is -3.71. The molecule has 1 unspecified atom stereocenters. The molecule has 0 bridgehead atoms. The first kappa shape index (κ1) is 21.5. The van der Waals surface area contributed by atoms with E-state index < -0.39 is 26.0 Å². The summed E-state index contributed by atoms with van der Waals surface area (Å²) in [5.41, 5.74) is 0. The lowest BCUT2D eigenvalue weighted by molar-refractivity contribution is -0.148. The molecule has 1 aromatic carbocycles. The van der Waals surface area contributed by atoms with Crippen molar-refractivity contribution in [2.45, 2.75) is 5.85 Å². The van der Waals surface area contributed by atoms with Gasteiger partial charge in [0.2, 0.25) is 5.85 Å². The van der Waals surface area contributed by atoms with Crippen LogP contribution in [0.3, 0.4) is 0 Å². The summed E-state index contributed by atoms with van der Waals surface area (Å²) in [6.07, 6.45) is 0. The van der Waals surface area contributed by atoms with Crippen molar-refractivity contribution < 1.29 is 27.9 Å². The minimum absolute atomic E-state index is 0.160. The number of halogens is 3. The van der Waals surface area contributed by atoms with Gasteiger partial charge < -0.3 is 18.5 Å². The summed E-state index contributed by atoms with van der Waals surface area (Å²) in [5, 5.41) is 2.41. The van der Waals surface area contributed by atoms with Gasteiger partial charge in [0.05, 0.1) is 19.9 Å². The highest BCUT2D eigenvalue weighted by atomic mass is 35.5. The van der Waals surface area contributed by atoms with E-state index in [1.54, 1.807) is 17.5 Å². The van der Waals surface area contributed by atoms with Gasteiger partial charge in [-0.2, -0.15) is 0 Å². The van der Waals surface area contributed by atoms with Crippen LogP contribution in [0.2, 0.25) is 15.1 Å². The number of rotatable bonds is 8. The molecule has 0 aliphatic heterocycles. The lowest BCUT2D eigenvalue weighted by Gasteiger charge is -2.23. The maximum atomic E-state index is 12.7. The van der Waals surface area contributed by atoms with E-state index in [-0.39, 0.29) is 20.8 Å². The number of carbonyl (C=O) groups is 1. The fourth-order valence-corrected chi connectivity index (χ4v) is 4.86. The lowest BCUT2D eigenvalue weighted by atomic mass is 10.3. The van der Waals surface area contributed by atoms with Crippen LogP contribution in [0.15, 0.2) is 29.6 Å². The molecule has 0 N–H and O–H groups in total. The van der Waals surface area contributed by atoms with Crippen LogP contribution in [0, 0.1) is 0 Å². The third-order valence-electron chi connectivity index (χ3n) is 3.15. The fourth-order valence-electron chi connectivity index (χ4n) is 1.89. The Morgan fingerprint density at radius 2 is 1.81 bits per heavy atom. The molecule has 2 aromatic rings. The molecule has 2 rings (SSSR count). The Labute approximate surface area is 169 Å². The SMILES string of the molecule is COP(=O)(OC)C(OC(=O)COc1cc(Cl)c(Cl)cc1Cl)c1cccs1. The van der Waals surface area contributed by atoms with Gasteiger partial charge in [0.25, 0.3) is 0 Å². The van der Waals surface area contributed by atoms with Crippen LogP contribution < -0.4 is 4.74 Å². The maximum absolute atomic E-state index is 12.7. The summed E-state index contributed by atoms with van der Waals surface area (Å²) in [4.78, 5) is 12.7. The summed E-state index contributed by atoms with van der Waals surface area (Å²) in [6, 6.07) is 6.16. The Balaban J connectivity index is 2.11. The molecule has 142 valence electrons. The van der Waals surface area contributed by atoms with Crippen molar-refractivity contribution in [1.82, 2.24) is 0 Å². The average molecular weight is 460 g/mol. The topological polar surface area (TPSA) is 71.1 Å². The Bertz CT molecular complexity index is 806. The quantitative estimate of drug-likeness (QED) is 0.282. The summed E-state index contributed by atoms with van der Waals surface area (Å²) in [5.74, 6) is -1.84. The van der Waals surface area contributed by atoms with Crippen LogP contribution >= 0.6 is 53.7 Å². The standard InChI is InChI=1S/C15H14Cl3O6PS/c1-21-25(20,22-2)15(13-4-3-5-26-13)24-14(19)8-23-12-7-10(17)9(16)6-11(12)18/h3-7,15H,8H2,1-2H3. The first-order valence-corrected chi connectivity index (χ1v) is 10.6. The van der Waals surface area contributed by atoms with Crippen molar-refractivity contribution in [1.29, 1.82) is 0 Å². The Morgan fingerprint density at radius 3 is 2.38 bits per heavy atom. The first-order chi connectivity index (χ1) is 12.3. The summed E-state index contributed by atoms with van der Waals surface area (Å²) >= 11 is 19.0. The molecule has 0 saturated carbocycles. The van der Waals surface area contributed by atoms with Gasteiger partial charge in [0, 0.05) is 20.3 Å². The monoisotopic (exact) mass is 458 g/mol. The zero-order valence-electron chi connectivity index (χ0n) is 13.6. The minimum Gasteiger partial charge on any atom is -0.480 e. The van der Waals surface area contributed by atoms with Crippen LogP contribution in [0.4, 0.5) is 0 Å². The molecule has 26 heavy (non-hydrogen) atoms. The molecule has 1 aromatic heterocycles. The van der Waals surface area contributed by atoms with Crippen LogP contribution in [0.1, 0.15) is 10.7 Å². The van der Waals surface area contributed by atoms with Gasteiger partial charge in [-0.1, -0.05) is 40.9 Å².